The molecule has 0 N–H and O–H groups in total. The number of methoxy groups -OCH3 is 1. The molecule has 0 unspecified atom stereocenters. The van der Waals surface area contributed by atoms with Crippen molar-refractivity contribution < 1.29 is 28.6 Å². The molecule has 0 aromatic heterocycles. The lowest BCUT2D eigenvalue weighted by molar-refractivity contribution is -0.145. The van der Waals surface area contributed by atoms with Gasteiger partial charge in [-0.05, 0) is 53.7 Å². The number of benzene rings is 1. The Labute approximate surface area is 142 Å². The molecule has 6 heteroatoms. The normalized spacial score (nSPS) is 11.6. The molecule has 0 radical (unpaired) electrons. The van der Waals surface area contributed by atoms with Gasteiger partial charge in [0.25, 0.3) is 0 Å². The zero-order valence-electron chi connectivity index (χ0n) is 15.2. The number of hydrogen-bond acceptors (Lipinski definition) is 6. The minimum absolute atomic E-state index is 0.0231. The average molecular weight is 336 g/mol. The van der Waals surface area contributed by atoms with Crippen LogP contribution in [0, 0.1) is 10.8 Å². The standard InChI is InChI=1S/C18H24O6/c1-17(2,3)15(20)23-12-9-8-11(10-19)13(22-7)14(12)24-16(21)18(4,5)6/h8-10H,1-7H3. The lowest BCUT2D eigenvalue weighted by atomic mass is 9.97. The first-order valence-corrected chi connectivity index (χ1v) is 7.52. The molecule has 0 aliphatic heterocycles. The molecule has 0 saturated carbocycles. The third-order valence-corrected chi connectivity index (χ3v) is 3.06. The zero-order chi connectivity index (χ0) is 18.7. The summed E-state index contributed by atoms with van der Waals surface area (Å²) in [6.07, 6.45) is 0.572. The van der Waals surface area contributed by atoms with Gasteiger partial charge >= 0.3 is 11.9 Å². The van der Waals surface area contributed by atoms with Crippen molar-refractivity contribution in [2.24, 2.45) is 10.8 Å². The van der Waals surface area contributed by atoms with Crippen molar-refractivity contribution in [3.63, 3.8) is 0 Å². The van der Waals surface area contributed by atoms with Crippen LogP contribution >= 0.6 is 0 Å². The maximum absolute atomic E-state index is 12.2. The Bertz CT molecular complexity index is 647. The molecule has 0 aliphatic carbocycles. The van der Waals surface area contributed by atoms with E-state index >= 15 is 0 Å². The summed E-state index contributed by atoms with van der Waals surface area (Å²) in [7, 11) is 1.34. The lowest BCUT2D eigenvalue weighted by Crippen LogP contribution is -2.28. The molecule has 132 valence electrons. The Morgan fingerprint density at radius 3 is 1.79 bits per heavy atom. The van der Waals surface area contributed by atoms with Gasteiger partial charge < -0.3 is 14.2 Å². The number of hydrogen-bond donors (Lipinski definition) is 0. The Hall–Kier alpha value is -2.37. The van der Waals surface area contributed by atoms with Crippen molar-refractivity contribution in [2.75, 3.05) is 7.11 Å². The molecule has 6 nitrogen and oxygen atoms in total. The largest absolute Gasteiger partial charge is 0.492 e. The fourth-order valence-electron chi connectivity index (χ4n) is 1.54. The highest BCUT2D eigenvalue weighted by molar-refractivity contribution is 5.87. The Morgan fingerprint density at radius 1 is 0.875 bits per heavy atom. The van der Waals surface area contributed by atoms with Crippen LogP contribution in [0.4, 0.5) is 0 Å². The summed E-state index contributed by atoms with van der Waals surface area (Å²) in [5.41, 5.74) is -1.35. The van der Waals surface area contributed by atoms with E-state index < -0.39 is 22.8 Å². The summed E-state index contributed by atoms with van der Waals surface area (Å²) < 4.78 is 15.9. The number of carbonyl (C=O) groups is 3. The van der Waals surface area contributed by atoms with Gasteiger partial charge in [-0.3, -0.25) is 14.4 Å². The van der Waals surface area contributed by atoms with Gasteiger partial charge in [0.2, 0.25) is 5.75 Å². The predicted molar refractivity (Wildman–Crippen MR) is 88.6 cm³/mol. The Morgan fingerprint density at radius 2 is 1.38 bits per heavy atom. The highest BCUT2D eigenvalue weighted by Gasteiger charge is 2.30. The fraction of sp³-hybridized carbons (Fsp3) is 0.500. The van der Waals surface area contributed by atoms with Crippen molar-refractivity contribution in [3.8, 4) is 17.2 Å². The fourth-order valence-corrected chi connectivity index (χ4v) is 1.54. The van der Waals surface area contributed by atoms with E-state index in [0.717, 1.165) is 0 Å². The smallest absolute Gasteiger partial charge is 0.316 e. The first-order valence-electron chi connectivity index (χ1n) is 7.52. The molecule has 24 heavy (non-hydrogen) atoms. The summed E-state index contributed by atoms with van der Waals surface area (Å²) in [5.74, 6) is -1.07. The molecule has 0 bridgehead atoms. The van der Waals surface area contributed by atoms with Gasteiger partial charge in [0, 0.05) is 0 Å². The quantitative estimate of drug-likeness (QED) is 0.476. The number of rotatable bonds is 4. The SMILES string of the molecule is COc1c(C=O)ccc(OC(=O)C(C)(C)C)c1OC(=O)C(C)(C)C. The molecule has 1 aromatic carbocycles. The first kappa shape index (κ1) is 19.7. The molecule has 0 amide bonds. The van der Waals surface area contributed by atoms with Crippen LogP contribution in [0.25, 0.3) is 0 Å². The molecule has 0 saturated heterocycles. The highest BCUT2D eigenvalue weighted by atomic mass is 16.6. The van der Waals surface area contributed by atoms with Crippen LogP contribution in [-0.2, 0) is 9.59 Å². The zero-order valence-corrected chi connectivity index (χ0v) is 15.2. The number of esters is 2. The van der Waals surface area contributed by atoms with Gasteiger partial charge in [-0.1, -0.05) is 0 Å². The minimum Gasteiger partial charge on any atom is -0.492 e. The second kappa shape index (κ2) is 7.03. The van der Waals surface area contributed by atoms with Crippen molar-refractivity contribution in [3.05, 3.63) is 17.7 Å². The van der Waals surface area contributed by atoms with Crippen LogP contribution in [0.15, 0.2) is 12.1 Å². The summed E-state index contributed by atoms with van der Waals surface area (Å²) in [5, 5.41) is 0. The van der Waals surface area contributed by atoms with Gasteiger partial charge in [0.1, 0.15) is 0 Å². The number of aldehydes is 1. The number of ether oxygens (including phenoxy) is 3. The summed E-state index contributed by atoms with van der Waals surface area (Å²) in [6.45, 7) is 10.2. The van der Waals surface area contributed by atoms with Gasteiger partial charge in [0.15, 0.2) is 17.8 Å². The summed E-state index contributed by atoms with van der Waals surface area (Å²) >= 11 is 0. The van der Waals surface area contributed by atoms with Crippen LogP contribution < -0.4 is 14.2 Å². The highest BCUT2D eigenvalue weighted by Crippen LogP contribution is 2.41. The molecule has 1 aromatic rings. The third kappa shape index (κ3) is 4.57. The van der Waals surface area contributed by atoms with Gasteiger partial charge in [-0.15, -0.1) is 0 Å². The van der Waals surface area contributed by atoms with Gasteiger partial charge in [-0.25, -0.2) is 0 Å². The topological polar surface area (TPSA) is 78.9 Å². The van der Waals surface area contributed by atoms with Crippen LogP contribution in [0.3, 0.4) is 0 Å². The summed E-state index contributed by atoms with van der Waals surface area (Å²) in [4.78, 5) is 35.6. The molecular weight excluding hydrogens is 312 g/mol. The maximum Gasteiger partial charge on any atom is 0.316 e. The minimum atomic E-state index is -0.784. The van der Waals surface area contributed by atoms with E-state index in [1.54, 1.807) is 41.5 Å². The van der Waals surface area contributed by atoms with Crippen molar-refractivity contribution in [1.29, 1.82) is 0 Å². The van der Waals surface area contributed by atoms with E-state index in [1.165, 1.54) is 19.2 Å². The molecular formula is C18H24O6. The van der Waals surface area contributed by atoms with E-state index in [-0.39, 0.29) is 22.8 Å². The van der Waals surface area contributed by atoms with Crippen LogP contribution in [0.5, 0.6) is 17.2 Å². The second-order valence-electron chi connectivity index (χ2n) is 7.41. The summed E-state index contributed by atoms with van der Waals surface area (Å²) in [6, 6.07) is 2.84. The second-order valence-corrected chi connectivity index (χ2v) is 7.41. The van der Waals surface area contributed by atoms with E-state index in [4.69, 9.17) is 14.2 Å². The Balaban J connectivity index is 3.40. The van der Waals surface area contributed by atoms with Crippen LogP contribution in [-0.4, -0.2) is 25.3 Å². The monoisotopic (exact) mass is 336 g/mol. The predicted octanol–water partition coefficient (Wildman–Crippen LogP) is 3.41. The van der Waals surface area contributed by atoms with E-state index in [9.17, 15) is 14.4 Å². The van der Waals surface area contributed by atoms with Gasteiger partial charge in [0.05, 0.1) is 23.5 Å². The van der Waals surface area contributed by atoms with E-state index in [2.05, 4.69) is 0 Å². The number of carbonyl (C=O) groups excluding carboxylic acids is 3. The molecule has 1 rings (SSSR count). The van der Waals surface area contributed by atoms with Crippen molar-refractivity contribution >= 4 is 18.2 Å². The molecule has 0 atom stereocenters. The molecule has 0 spiro atoms. The van der Waals surface area contributed by atoms with Crippen molar-refractivity contribution in [1.82, 2.24) is 0 Å². The van der Waals surface area contributed by atoms with E-state index in [1.807, 2.05) is 0 Å². The molecule has 0 heterocycles. The third-order valence-electron chi connectivity index (χ3n) is 3.06. The average Bonchev–Trinajstić information content (AvgIpc) is 2.46. The Kier molecular flexibility index (Phi) is 5.76. The first-order chi connectivity index (χ1) is 10.9. The van der Waals surface area contributed by atoms with Crippen LogP contribution in [0.2, 0.25) is 0 Å². The van der Waals surface area contributed by atoms with E-state index in [0.29, 0.717) is 6.29 Å². The van der Waals surface area contributed by atoms with Crippen LogP contribution in [0.1, 0.15) is 51.9 Å². The molecule has 0 fully saturated rings. The lowest BCUT2D eigenvalue weighted by Gasteiger charge is -2.22. The van der Waals surface area contributed by atoms with Crippen molar-refractivity contribution in [2.45, 2.75) is 41.5 Å². The van der Waals surface area contributed by atoms with Gasteiger partial charge in [-0.2, -0.15) is 0 Å². The molecule has 0 aliphatic rings. The maximum atomic E-state index is 12.2.